The molecule has 0 aliphatic rings. The average Bonchev–Trinajstić information content (AvgIpc) is 2.90. The van der Waals surface area contributed by atoms with Crippen molar-refractivity contribution in [2.75, 3.05) is 31.8 Å². The number of ether oxygens (including phenoxy) is 1. The Morgan fingerprint density at radius 3 is 2.69 bits per heavy atom. The van der Waals surface area contributed by atoms with Crippen molar-refractivity contribution in [2.45, 2.75) is 19.8 Å². The average molecular weight is 472 g/mol. The van der Waals surface area contributed by atoms with Crippen molar-refractivity contribution in [3.63, 3.8) is 0 Å². The third-order valence-corrected chi connectivity index (χ3v) is 6.26. The van der Waals surface area contributed by atoms with Gasteiger partial charge in [-0.15, -0.1) is 0 Å². The second-order valence-corrected chi connectivity index (χ2v) is 8.44. The molecule has 0 radical (unpaired) electrons. The summed E-state index contributed by atoms with van der Waals surface area (Å²) < 4.78 is 5.13. The van der Waals surface area contributed by atoms with E-state index in [9.17, 15) is 4.79 Å². The molecule has 3 aromatic heterocycles. The number of nitrogens with two attached hydrogens (primary N) is 1. The van der Waals surface area contributed by atoms with Crippen molar-refractivity contribution in [1.82, 2.24) is 25.3 Å². The van der Waals surface area contributed by atoms with Crippen molar-refractivity contribution in [3.05, 3.63) is 66.2 Å². The summed E-state index contributed by atoms with van der Waals surface area (Å²) in [7, 11) is 3.16. The fourth-order valence-electron chi connectivity index (χ4n) is 4.04. The van der Waals surface area contributed by atoms with E-state index in [1.54, 1.807) is 31.6 Å². The Labute approximate surface area is 204 Å². The van der Waals surface area contributed by atoms with Crippen LogP contribution < -0.4 is 21.1 Å². The SMILES string of the molecule is CNC(=O)c1ccnc2c(C(C)[C@H](C)CNc3cc(-c4cnc(OC)c(N)c4)ncn3)cccc12. The maximum absolute atomic E-state index is 12.3. The van der Waals surface area contributed by atoms with Gasteiger partial charge in [-0.25, -0.2) is 15.0 Å². The minimum Gasteiger partial charge on any atom is -0.480 e. The van der Waals surface area contributed by atoms with E-state index in [0.29, 0.717) is 35.2 Å². The Kier molecular flexibility index (Phi) is 7.05. The van der Waals surface area contributed by atoms with Crippen LogP contribution in [0.2, 0.25) is 0 Å². The summed E-state index contributed by atoms with van der Waals surface area (Å²) in [5, 5.41) is 6.97. The van der Waals surface area contributed by atoms with Crippen LogP contribution in [0.5, 0.6) is 5.88 Å². The number of anilines is 2. The van der Waals surface area contributed by atoms with Gasteiger partial charge >= 0.3 is 0 Å². The molecule has 0 saturated heterocycles. The van der Waals surface area contributed by atoms with Gasteiger partial charge in [-0.3, -0.25) is 9.78 Å². The Hall–Kier alpha value is -4.27. The zero-order valence-electron chi connectivity index (χ0n) is 20.2. The van der Waals surface area contributed by atoms with Gasteiger partial charge in [0.25, 0.3) is 5.91 Å². The Morgan fingerprint density at radius 2 is 1.94 bits per heavy atom. The zero-order valence-corrected chi connectivity index (χ0v) is 20.2. The van der Waals surface area contributed by atoms with Crippen LogP contribution in [0.1, 0.15) is 35.7 Å². The molecule has 180 valence electrons. The molecule has 2 atom stereocenters. The van der Waals surface area contributed by atoms with Gasteiger partial charge in [0.05, 0.1) is 29.6 Å². The number of carbonyl (C=O) groups excluding carboxylic acids is 1. The van der Waals surface area contributed by atoms with E-state index in [2.05, 4.69) is 50.5 Å². The molecular weight excluding hydrogens is 442 g/mol. The maximum atomic E-state index is 12.3. The highest BCUT2D eigenvalue weighted by atomic mass is 16.5. The predicted molar refractivity (Wildman–Crippen MR) is 137 cm³/mol. The largest absolute Gasteiger partial charge is 0.480 e. The Morgan fingerprint density at radius 1 is 1.11 bits per heavy atom. The van der Waals surface area contributed by atoms with E-state index >= 15 is 0 Å². The lowest BCUT2D eigenvalue weighted by Gasteiger charge is -2.22. The van der Waals surface area contributed by atoms with E-state index in [0.717, 1.165) is 22.0 Å². The topological polar surface area (TPSA) is 128 Å². The first kappa shape index (κ1) is 23.9. The zero-order chi connectivity index (χ0) is 24.9. The third-order valence-electron chi connectivity index (χ3n) is 6.26. The van der Waals surface area contributed by atoms with E-state index in [1.807, 2.05) is 18.2 Å². The number of aromatic nitrogens is 4. The summed E-state index contributed by atoms with van der Waals surface area (Å²) in [5.41, 5.74) is 10.5. The van der Waals surface area contributed by atoms with Gasteiger partial charge < -0.3 is 21.1 Å². The second-order valence-electron chi connectivity index (χ2n) is 8.44. The van der Waals surface area contributed by atoms with Crippen LogP contribution in [0.15, 0.2) is 55.1 Å². The van der Waals surface area contributed by atoms with Crippen molar-refractivity contribution >= 4 is 28.3 Å². The summed E-state index contributed by atoms with van der Waals surface area (Å²) in [6.07, 6.45) is 4.88. The number of benzene rings is 1. The van der Waals surface area contributed by atoms with Gasteiger partial charge in [0.1, 0.15) is 12.1 Å². The van der Waals surface area contributed by atoms with Gasteiger partial charge in [0.2, 0.25) is 5.88 Å². The van der Waals surface area contributed by atoms with Gasteiger partial charge in [0.15, 0.2) is 0 Å². The number of hydrogen-bond acceptors (Lipinski definition) is 8. The molecule has 1 amide bonds. The summed E-state index contributed by atoms with van der Waals surface area (Å²) >= 11 is 0. The summed E-state index contributed by atoms with van der Waals surface area (Å²) in [6.45, 7) is 5.04. The fourth-order valence-corrected chi connectivity index (χ4v) is 4.04. The first-order chi connectivity index (χ1) is 16.9. The molecule has 9 heteroatoms. The summed E-state index contributed by atoms with van der Waals surface area (Å²) in [6, 6.07) is 11.4. The van der Waals surface area contributed by atoms with Crippen LogP contribution in [-0.2, 0) is 0 Å². The molecule has 35 heavy (non-hydrogen) atoms. The molecule has 0 saturated carbocycles. The smallest absolute Gasteiger partial charge is 0.251 e. The Balaban J connectivity index is 1.51. The van der Waals surface area contributed by atoms with Crippen molar-refractivity contribution in [1.29, 1.82) is 0 Å². The van der Waals surface area contributed by atoms with Crippen LogP contribution in [0.3, 0.4) is 0 Å². The highest BCUT2D eigenvalue weighted by molar-refractivity contribution is 6.06. The number of nitrogen functional groups attached to an aromatic ring is 1. The van der Waals surface area contributed by atoms with E-state index in [1.165, 1.54) is 13.4 Å². The predicted octanol–water partition coefficient (Wildman–Crippen LogP) is 3.89. The first-order valence-corrected chi connectivity index (χ1v) is 11.4. The van der Waals surface area contributed by atoms with Crippen LogP contribution in [0, 0.1) is 5.92 Å². The quantitative estimate of drug-likeness (QED) is 0.353. The maximum Gasteiger partial charge on any atom is 0.251 e. The molecular formula is C26H29N7O2. The molecule has 0 aliphatic carbocycles. The number of nitrogens with zero attached hydrogens (tertiary/aromatic N) is 4. The van der Waals surface area contributed by atoms with E-state index in [4.69, 9.17) is 10.5 Å². The molecule has 4 N–H and O–H groups in total. The number of methoxy groups -OCH3 is 1. The number of fused-ring (bicyclic) bond motifs is 1. The lowest BCUT2D eigenvalue weighted by Crippen LogP contribution is -2.19. The molecule has 1 unspecified atom stereocenters. The number of para-hydroxylation sites is 1. The number of amides is 1. The van der Waals surface area contributed by atoms with Gasteiger partial charge in [-0.2, -0.15) is 0 Å². The number of carbonyl (C=O) groups is 1. The standard InChI is InChI=1S/C26H29N7O2/c1-15(16(2)18-6-5-7-19-20(25(34)28-3)8-9-29-24(18)19)12-30-23-11-22(32-14-33-23)17-10-21(27)26(35-4)31-13-17/h5-11,13-16H,12,27H2,1-4H3,(H,28,34)(H,30,32,33)/t15-,16?/m1/s1. The minimum absolute atomic E-state index is 0.120. The van der Waals surface area contributed by atoms with Crippen molar-refractivity contribution < 1.29 is 9.53 Å². The van der Waals surface area contributed by atoms with Crippen LogP contribution in [0.4, 0.5) is 11.5 Å². The highest BCUT2D eigenvalue weighted by Gasteiger charge is 2.19. The minimum atomic E-state index is -0.120. The highest BCUT2D eigenvalue weighted by Crippen LogP contribution is 2.31. The molecule has 4 aromatic rings. The fraction of sp³-hybridized carbons (Fsp3) is 0.269. The lowest BCUT2D eigenvalue weighted by atomic mass is 9.87. The summed E-state index contributed by atoms with van der Waals surface area (Å²) in [4.78, 5) is 29.8. The van der Waals surface area contributed by atoms with Gasteiger partial charge in [-0.05, 0) is 29.5 Å². The van der Waals surface area contributed by atoms with E-state index < -0.39 is 0 Å². The van der Waals surface area contributed by atoms with Crippen molar-refractivity contribution in [2.24, 2.45) is 5.92 Å². The number of nitrogens with one attached hydrogen (secondary N) is 2. The first-order valence-electron chi connectivity index (χ1n) is 11.4. The molecule has 0 aliphatic heterocycles. The molecule has 3 heterocycles. The molecule has 0 fully saturated rings. The van der Waals surface area contributed by atoms with Crippen molar-refractivity contribution in [3.8, 4) is 17.1 Å². The van der Waals surface area contributed by atoms with Gasteiger partial charge in [-0.1, -0.05) is 32.0 Å². The molecule has 9 nitrogen and oxygen atoms in total. The van der Waals surface area contributed by atoms with Gasteiger partial charge in [0, 0.05) is 43.0 Å². The normalized spacial score (nSPS) is 12.7. The molecule has 1 aromatic carbocycles. The monoisotopic (exact) mass is 471 g/mol. The lowest BCUT2D eigenvalue weighted by molar-refractivity contribution is 0.0964. The van der Waals surface area contributed by atoms with E-state index in [-0.39, 0.29) is 17.7 Å². The molecule has 0 spiro atoms. The third kappa shape index (κ3) is 4.98. The second kappa shape index (κ2) is 10.3. The molecule has 4 rings (SSSR count). The number of rotatable bonds is 8. The van der Waals surface area contributed by atoms with Crippen LogP contribution in [0.25, 0.3) is 22.2 Å². The number of hydrogen-bond donors (Lipinski definition) is 3. The molecule has 0 bridgehead atoms. The van der Waals surface area contributed by atoms with Crippen LogP contribution >= 0.6 is 0 Å². The van der Waals surface area contributed by atoms with Crippen LogP contribution in [-0.4, -0.2) is 46.5 Å². The summed E-state index contributed by atoms with van der Waals surface area (Å²) in [5.74, 6) is 1.41. The Bertz CT molecular complexity index is 1360. The number of pyridine rings is 2.